The van der Waals surface area contributed by atoms with Gasteiger partial charge in [0.1, 0.15) is 17.2 Å². The minimum atomic E-state index is -3.51. The molecule has 0 spiro atoms. The first-order valence-corrected chi connectivity index (χ1v) is 11.3. The van der Waals surface area contributed by atoms with E-state index in [4.69, 9.17) is 25.8 Å². The van der Waals surface area contributed by atoms with Crippen LogP contribution in [0.15, 0.2) is 36.4 Å². The first kappa shape index (κ1) is 23.6. The molecule has 0 saturated heterocycles. The Balaban J connectivity index is 2.04. The number of nitrogens with one attached hydrogen (secondary N) is 1. The maximum absolute atomic E-state index is 12.4. The van der Waals surface area contributed by atoms with Crippen LogP contribution in [0.1, 0.15) is 12.8 Å². The summed E-state index contributed by atoms with van der Waals surface area (Å²) in [6.07, 6.45) is 1.55. The monoisotopic (exact) mass is 456 g/mol. The van der Waals surface area contributed by atoms with Crippen LogP contribution in [0.25, 0.3) is 0 Å². The third-order valence-corrected chi connectivity index (χ3v) is 5.76. The van der Waals surface area contributed by atoms with E-state index in [9.17, 15) is 13.2 Å². The number of benzene rings is 2. The van der Waals surface area contributed by atoms with Gasteiger partial charge in [-0.2, -0.15) is 0 Å². The fourth-order valence-corrected chi connectivity index (χ4v) is 3.99. The highest BCUT2D eigenvalue weighted by atomic mass is 35.5. The summed E-state index contributed by atoms with van der Waals surface area (Å²) < 4.78 is 41.1. The van der Waals surface area contributed by atoms with Crippen LogP contribution in [0, 0.1) is 0 Å². The SMILES string of the molecule is COc1ccc(N(CCCC(=O)Nc2cc(OC)c(Cl)cc2OC)S(C)(=O)=O)cc1. The Morgan fingerprint density at radius 2 is 1.67 bits per heavy atom. The Kier molecular flexibility index (Phi) is 8.19. The van der Waals surface area contributed by atoms with Crippen molar-refractivity contribution >= 4 is 38.9 Å². The summed E-state index contributed by atoms with van der Waals surface area (Å²) in [5.74, 6) is 1.13. The van der Waals surface area contributed by atoms with Gasteiger partial charge in [0.2, 0.25) is 15.9 Å². The van der Waals surface area contributed by atoms with Crippen molar-refractivity contribution in [1.82, 2.24) is 0 Å². The minimum absolute atomic E-state index is 0.107. The molecule has 2 rings (SSSR count). The van der Waals surface area contributed by atoms with Gasteiger partial charge in [-0.05, 0) is 30.7 Å². The molecular weight excluding hydrogens is 432 g/mol. The standard InChI is InChI=1S/C20H25ClN2O6S/c1-27-15-9-7-14(8-10-15)23(30(4,25)26)11-5-6-20(24)22-17-13-18(28-2)16(21)12-19(17)29-3/h7-10,12-13H,5-6,11H2,1-4H3,(H,22,24). The van der Waals surface area contributed by atoms with Crippen molar-refractivity contribution in [3.05, 3.63) is 41.4 Å². The normalized spacial score (nSPS) is 11.0. The Bertz CT molecular complexity index is 980. The topological polar surface area (TPSA) is 94.2 Å². The molecule has 1 amide bonds. The average molecular weight is 457 g/mol. The van der Waals surface area contributed by atoms with Crippen LogP contribution < -0.4 is 23.8 Å². The number of sulfonamides is 1. The Hall–Kier alpha value is -2.65. The lowest BCUT2D eigenvalue weighted by atomic mass is 10.2. The van der Waals surface area contributed by atoms with Crippen LogP contribution in [0.4, 0.5) is 11.4 Å². The molecule has 2 aromatic carbocycles. The molecule has 10 heteroatoms. The van der Waals surface area contributed by atoms with Crippen LogP contribution in [0.5, 0.6) is 17.2 Å². The van der Waals surface area contributed by atoms with Gasteiger partial charge in [0.25, 0.3) is 0 Å². The Morgan fingerprint density at radius 3 is 2.20 bits per heavy atom. The van der Waals surface area contributed by atoms with Crippen LogP contribution in [-0.2, 0) is 14.8 Å². The van der Waals surface area contributed by atoms with Crippen LogP contribution >= 0.6 is 11.6 Å². The summed E-state index contributed by atoms with van der Waals surface area (Å²) in [7, 11) is 0.961. The molecule has 0 bridgehead atoms. The summed E-state index contributed by atoms with van der Waals surface area (Å²) in [4.78, 5) is 12.4. The molecule has 0 heterocycles. The number of ether oxygens (including phenoxy) is 3. The van der Waals surface area contributed by atoms with Crippen LogP contribution in [-0.4, -0.2) is 48.5 Å². The zero-order valence-electron chi connectivity index (χ0n) is 17.3. The minimum Gasteiger partial charge on any atom is -0.497 e. The summed E-state index contributed by atoms with van der Waals surface area (Å²) >= 11 is 6.07. The largest absolute Gasteiger partial charge is 0.497 e. The van der Waals surface area contributed by atoms with Gasteiger partial charge in [0.05, 0.1) is 44.0 Å². The highest BCUT2D eigenvalue weighted by Crippen LogP contribution is 2.36. The first-order chi connectivity index (χ1) is 14.2. The number of nitrogens with zero attached hydrogens (tertiary/aromatic N) is 1. The lowest BCUT2D eigenvalue weighted by Gasteiger charge is -2.22. The Labute approximate surface area is 181 Å². The highest BCUT2D eigenvalue weighted by Gasteiger charge is 2.18. The van der Waals surface area contributed by atoms with Crippen molar-refractivity contribution < 1.29 is 27.4 Å². The lowest BCUT2D eigenvalue weighted by molar-refractivity contribution is -0.116. The molecule has 0 radical (unpaired) electrons. The van der Waals surface area contributed by atoms with Crippen molar-refractivity contribution in [2.45, 2.75) is 12.8 Å². The molecule has 0 aliphatic carbocycles. The molecule has 2 aromatic rings. The summed E-state index contributed by atoms with van der Waals surface area (Å²) in [6.45, 7) is 0.152. The van der Waals surface area contributed by atoms with Gasteiger partial charge in [0, 0.05) is 25.1 Å². The van der Waals surface area contributed by atoms with Crippen molar-refractivity contribution in [3.63, 3.8) is 0 Å². The molecule has 0 aromatic heterocycles. The molecule has 164 valence electrons. The zero-order chi connectivity index (χ0) is 22.3. The van der Waals surface area contributed by atoms with Crippen LogP contribution in [0.2, 0.25) is 5.02 Å². The van der Waals surface area contributed by atoms with E-state index in [1.54, 1.807) is 36.4 Å². The second-order valence-corrected chi connectivity index (χ2v) is 8.69. The van der Waals surface area contributed by atoms with Crippen molar-refractivity contribution in [3.8, 4) is 17.2 Å². The zero-order valence-corrected chi connectivity index (χ0v) is 18.8. The van der Waals surface area contributed by atoms with Gasteiger partial charge >= 0.3 is 0 Å². The van der Waals surface area contributed by atoms with E-state index in [2.05, 4.69) is 5.32 Å². The third-order valence-electron chi connectivity index (χ3n) is 4.27. The number of anilines is 2. The van der Waals surface area contributed by atoms with Gasteiger partial charge in [0.15, 0.2) is 0 Å². The number of amides is 1. The molecule has 1 N–H and O–H groups in total. The number of carbonyl (C=O) groups excluding carboxylic acids is 1. The number of hydrogen-bond donors (Lipinski definition) is 1. The molecule has 0 atom stereocenters. The average Bonchev–Trinajstić information content (AvgIpc) is 2.71. The molecular formula is C20H25ClN2O6S. The predicted molar refractivity (Wildman–Crippen MR) is 118 cm³/mol. The number of rotatable bonds is 10. The highest BCUT2D eigenvalue weighted by molar-refractivity contribution is 7.92. The molecule has 0 unspecified atom stereocenters. The molecule has 30 heavy (non-hydrogen) atoms. The van der Waals surface area contributed by atoms with E-state index < -0.39 is 10.0 Å². The smallest absolute Gasteiger partial charge is 0.232 e. The van der Waals surface area contributed by atoms with Gasteiger partial charge in [-0.3, -0.25) is 9.10 Å². The first-order valence-electron chi connectivity index (χ1n) is 9.02. The predicted octanol–water partition coefficient (Wildman–Crippen LogP) is 3.55. The van der Waals surface area contributed by atoms with E-state index in [-0.39, 0.29) is 18.9 Å². The maximum atomic E-state index is 12.4. The summed E-state index contributed by atoms with van der Waals surface area (Å²) in [5, 5.41) is 3.10. The second-order valence-electron chi connectivity index (χ2n) is 6.37. The third kappa shape index (κ3) is 6.17. The number of halogens is 1. The lowest BCUT2D eigenvalue weighted by Crippen LogP contribution is -2.31. The van der Waals surface area contributed by atoms with E-state index in [1.807, 2.05) is 0 Å². The molecule has 0 aliphatic heterocycles. The van der Waals surface area contributed by atoms with E-state index in [0.29, 0.717) is 40.1 Å². The summed E-state index contributed by atoms with van der Waals surface area (Å²) in [5.41, 5.74) is 0.918. The van der Waals surface area contributed by atoms with Crippen LogP contribution in [0.3, 0.4) is 0 Å². The van der Waals surface area contributed by atoms with Gasteiger partial charge in [-0.1, -0.05) is 11.6 Å². The Morgan fingerprint density at radius 1 is 1.03 bits per heavy atom. The quantitative estimate of drug-likeness (QED) is 0.587. The van der Waals surface area contributed by atoms with E-state index >= 15 is 0 Å². The van der Waals surface area contributed by atoms with Crippen molar-refractivity contribution in [1.29, 1.82) is 0 Å². The number of hydrogen-bond acceptors (Lipinski definition) is 6. The fourth-order valence-electron chi connectivity index (χ4n) is 2.79. The fraction of sp³-hybridized carbons (Fsp3) is 0.350. The molecule has 0 fully saturated rings. The molecule has 0 saturated carbocycles. The molecule has 0 aliphatic rings. The maximum Gasteiger partial charge on any atom is 0.232 e. The summed E-state index contributed by atoms with van der Waals surface area (Å²) in [6, 6.07) is 9.79. The van der Waals surface area contributed by atoms with Crippen molar-refractivity contribution in [2.75, 3.05) is 43.8 Å². The van der Waals surface area contributed by atoms with E-state index in [0.717, 1.165) is 6.26 Å². The number of carbonyl (C=O) groups is 1. The molecule has 8 nitrogen and oxygen atoms in total. The van der Waals surface area contributed by atoms with Gasteiger partial charge in [-0.25, -0.2) is 8.42 Å². The van der Waals surface area contributed by atoms with Gasteiger partial charge < -0.3 is 19.5 Å². The van der Waals surface area contributed by atoms with Crippen molar-refractivity contribution in [2.24, 2.45) is 0 Å². The van der Waals surface area contributed by atoms with Gasteiger partial charge in [-0.15, -0.1) is 0 Å². The van der Waals surface area contributed by atoms with E-state index in [1.165, 1.54) is 25.6 Å². The second kappa shape index (κ2) is 10.4. The number of methoxy groups -OCH3 is 3.